The fraction of sp³-hybridized carbons (Fsp3) is 0.611. The van der Waals surface area contributed by atoms with Gasteiger partial charge in [-0.1, -0.05) is 24.3 Å². The SMILES string of the molecule is CN=C(NCCCOC1CCOC1)NCc1ccc(COC)cc1.I. The largest absolute Gasteiger partial charge is 0.380 e. The van der Waals surface area contributed by atoms with E-state index in [-0.39, 0.29) is 30.1 Å². The number of benzene rings is 1. The van der Waals surface area contributed by atoms with Crippen molar-refractivity contribution >= 4 is 29.9 Å². The van der Waals surface area contributed by atoms with Gasteiger partial charge < -0.3 is 24.8 Å². The first kappa shape index (κ1) is 22.1. The Hall–Kier alpha value is -0.900. The van der Waals surface area contributed by atoms with Gasteiger partial charge in [-0.15, -0.1) is 24.0 Å². The maximum Gasteiger partial charge on any atom is 0.191 e. The molecule has 1 saturated heterocycles. The number of aliphatic imine (C=N–C) groups is 1. The average molecular weight is 463 g/mol. The lowest BCUT2D eigenvalue weighted by atomic mass is 10.1. The number of nitrogens with one attached hydrogen (secondary N) is 2. The minimum absolute atomic E-state index is 0. The summed E-state index contributed by atoms with van der Waals surface area (Å²) in [4.78, 5) is 4.24. The van der Waals surface area contributed by atoms with E-state index in [1.807, 2.05) is 0 Å². The lowest BCUT2D eigenvalue weighted by Gasteiger charge is -2.13. The van der Waals surface area contributed by atoms with E-state index in [0.717, 1.165) is 51.7 Å². The van der Waals surface area contributed by atoms with E-state index < -0.39 is 0 Å². The van der Waals surface area contributed by atoms with Gasteiger partial charge in [0, 0.05) is 40.5 Å². The normalized spacial score (nSPS) is 17.2. The summed E-state index contributed by atoms with van der Waals surface area (Å²) in [5, 5.41) is 6.62. The summed E-state index contributed by atoms with van der Waals surface area (Å²) in [5.41, 5.74) is 2.39. The summed E-state index contributed by atoms with van der Waals surface area (Å²) in [6, 6.07) is 8.37. The van der Waals surface area contributed by atoms with Gasteiger partial charge in [0.1, 0.15) is 0 Å². The van der Waals surface area contributed by atoms with Gasteiger partial charge in [0.05, 0.1) is 19.3 Å². The second-order valence-electron chi connectivity index (χ2n) is 5.81. The van der Waals surface area contributed by atoms with E-state index in [2.05, 4.69) is 39.9 Å². The number of methoxy groups -OCH3 is 1. The van der Waals surface area contributed by atoms with Gasteiger partial charge in [0.2, 0.25) is 0 Å². The van der Waals surface area contributed by atoms with Crippen LogP contribution in [0.4, 0.5) is 0 Å². The number of guanidine groups is 1. The third kappa shape index (κ3) is 8.84. The Bertz CT molecular complexity index is 491. The molecule has 1 aromatic carbocycles. The van der Waals surface area contributed by atoms with Crippen LogP contribution in [0.5, 0.6) is 0 Å². The highest BCUT2D eigenvalue weighted by molar-refractivity contribution is 14.0. The molecule has 0 aromatic heterocycles. The van der Waals surface area contributed by atoms with Crippen LogP contribution in [-0.2, 0) is 27.4 Å². The van der Waals surface area contributed by atoms with Crippen LogP contribution < -0.4 is 10.6 Å². The predicted octanol–water partition coefficient (Wildman–Crippen LogP) is 2.31. The molecule has 1 aromatic rings. The third-order valence-corrected chi connectivity index (χ3v) is 3.87. The number of hydrogen-bond acceptors (Lipinski definition) is 4. The molecule has 1 unspecified atom stereocenters. The van der Waals surface area contributed by atoms with Crippen LogP contribution >= 0.6 is 24.0 Å². The quantitative estimate of drug-likeness (QED) is 0.255. The zero-order valence-corrected chi connectivity index (χ0v) is 17.5. The topological polar surface area (TPSA) is 64.1 Å². The van der Waals surface area contributed by atoms with Crippen molar-refractivity contribution in [2.24, 2.45) is 4.99 Å². The zero-order chi connectivity index (χ0) is 17.0. The minimum atomic E-state index is 0. The molecule has 1 fully saturated rings. The van der Waals surface area contributed by atoms with Crippen molar-refractivity contribution in [2.75, 3.05) is 40.5 Å². The minimum Gasteiger partial charge on any atom is -0.380 e. The maximum atomic E-state index is 5.74. The van der Waals surface area contributed by atoms with Crippen molar-refractivity contribution in [2.45, 2.75) is 32.1 Å². The monoisotopic (exact) mass is 463 g/mol. The van der Waals surface area contributed by atoms with Gasteiger partial charge in [0.15, 0.2) is 5.96 Å². The first-order valence-corrected chi connectivity index (χ1v) is 8.52. The Labute approximate surface area is 167 Å². The number of hydrogen-bond donors (Lipinski definition) is 2. The molecule has 7 heteroatoms. The molecule has 1 aliphatic rings. The number of ether oxygens (including phenoxy) is 3. The van der Waals surface area contributed by atoms with Crippen LogP contribution in [-0.4, -0.2) is 52.6 Å². The third-order valence-electron chi connectivity index (χ3n) is 3.87. The van der Waals surface area contributed by atoms with Crippen LogP contribution in [0, 0.1) is 0 Å². The van der Waals surface area contributed by atoms with E-state index in [4.69, 9.17) is 14.2 Å². The molecule has 0 spiro atoms. The van der Waals surface area contributed by atoms with Crippen LogP contribution in [0.3, 0.4) is 0 Å². The van der Waals surface area contributed by atoms with E-state index in [1.165, 1.54) is 11.1 Å². The van der Waals surface area contributed by atoms with E-state index in [1.54, 1.807) is 14.2 Å². The first-order valence-electron chi connectivity index (χ1n) is 8.52. The molecule has 1 heterocycles. The molecule has 2 rings (SSSR count). The fourth-order valence-corrected chi connectivity index (χ4v) is 2.50. The smallest absolute Gasteiger partial charge is 0.191 e. The summed E-state index contributed by atoms with van der Waals surface area (Å²) in [7, 11) is 3.49. The fourth-order valence-electron chi connectivity index (χ4n) is 2.50. The molecule has 0 bridgehead atoms. The van der Waals surface area contributed by atoms with Crippen LogP contribution in [0.2, 0.25) is 0 Å². The second kappa shape index (κ2) is 13.3. The molecule has 0 saturated carbocycles. The standard InChI is InChI=1S/C18H29N3O3.HI/c1-19-18(20-9-3-10-24-17-8-11-23-14-17)21-12-15-4-6-16(7-5-15)13-22-2;/h4-7,17H,3,8-14H2,1-2H3,(H2,19,20,21);1H. The van der Waals surface area contributed by atoms with Gasteiger partial charge in [-0.2, -0.15) is 0 Å². The molecule has 25 heavy (non-hydrogen) atoms. The van der Waals surface area contributed by atoms with E-state index in [0.29, 0.717) is 6.61 Å². The molecular weight excluding hydrogens is 433 g/mol. The average Bonchev–Trinajstić information content (AvgIpc) is 3.12. The predicted molar refractivity (Wildman–Crippen MR) is 111 cm³/mol. The molecular formula is C18H30IN3O3. The van der Waals surface area contributed by atoms with Crippen molar-refractivity contribution < 1.29 is 14.2 Å². The summed E-state index contributed by atoms with van der Waals surface area (Å²) in [6.07, 6.45) is 2.24. The highest BCUT2D eigenvalue weighted by atomic mass is 127. The second-order valence-corrected chi connectivity index (χ2v) is 5.81. The van der Waals surface area contributed by atoms with Crippen molar-refractivity contribution in [3.05, 3.63) is 35.4 Å². The maximum absolute atomic E-state index is 5.74. The summed E-state index contributed by atoms with van der Waals surface area (Å²) < 4.78 is 16.1. The highest BCUT2D eigenvalue weighted by Crippen LogP contribution is 2.08. The van der Waals surface area contributed by atoms with Gasteiger partial charge in [-0.05, 0) is 24.0 Å². The molecule has 2 N–H and O–H groups in total. The van der Waals surface area contributed by atoms with Gasteiger partial charge in [0.25, 0.3) is 0 Å². The molecule has 0 radical (unpaired) electrons. The lowest BCUT2D eigenvalue weighted by Crippen LogP contribution is -2.37. The Morgan fingerprint density at radius 3 is 2.64 bits per heavy atom. The molecule has 142 valence electrons. The van der Waals surface area contributed by atoms with Crippen molar-refractivity contribution in [3.8, 4) is 0 Å². The van der Waals surface area contributed by atoms with Gasteiger partial charge in [-0.25, -0.2) is 0 Å². The lowest BCUT2D eigenvalue weighted by molar-refractivity contribution is 0.0420. The highest BCUT2D eigenvalue weighted by Gasteiger charge is 2.15. The molecule has 1 aliphatic heterocycles. The number of rotatable bonds is 9. The zero-order valence-electron chi connectivity index (χ0n) is 15.1. The van der Waals surface area contributed by atoms with Gasteiger partial charge >= 0.3 is 0 Å². The molecule has 6 nitrogen and oxygen atoms in total. The Kier molecular flexibility index (Phi) is 11.8. The molecule has 0 aliphatic carbocycles. The van der Waals surface area contributed by atoms with E-state index in [9.17, 15) is 0 Å². The Morgan fingerprint density at radius 2 is 2.00 bits per heavy atom. The first-order chi connectivity index (χ1) is 11.8. The van der Waals surface area contributed by atoms with E-state index >= 15 is 0 Å². The summed E-state index contributed by atoms with van der Waals surface area (Å²) in [5.74, 6) is 0.806. The number of halogens is 1. The summed E-state index contributed by atoms with van der Waals surface area (Å²) in [6.45, 7) is 4.53. The van der Waals surface area contributed by atoms with Crippen molar-refractivity contribution in [1.82, 2.24) is 10.6 Å². The van der Waals surface area contributed by atoms with Crippen LogP contribution in [0.25, 0.3) is 0 Å². The van der Waals surface area contributed by atoms with Crippen molar-refractivity contribution in [1.29, 1.82) is 0 Å². The van der Waals surface area contributed by atoms with Crippen LogP contribution in [0.1, 0.15) is 24.0 Å². The van der Waals surface area contributed by atoms with Crippen molar-refractivity contribution in [3.63, 3.8) is 0 Å². The Balaban J connectivity index is 0.00000312. The molecule has 1 atom stereocenters. The van der Waals surface area contributed by atoms with Gasteiger partial charge in [-0.3, -0.25) is 4.99 Å². The molecule has 0 amide bonds. The Morgan fingerprint density at radius 1 is 1.24 bits per heavy atom. The van der Waals surface area contributed by atoms with Crippen LogP contribution in [0.15, 0.2) is 29.3 Å². The summed E-state index contributed by atoms with van der Waals surface area (Å²) >= 11 is 0. The number of nitrogens with zero attached hydrogens (tertiary/aromatic N) is 1.